The van der Waals surface area contributed by atoms with Crippen molar-refractivity contribution >= 4 is 48.3 Å². The number of hydrogen-bond acceptors (Lipinski definition) is 10. The first-order valence-electron chi connectivity index (χ1n) is 13.1. The van der Waals surface area contributed by atoms with E-state index in [-0.39, 0.29) is 98.6 Å². The van der Waals surface area contributed by atoms with Gasteiger partial charge < -0.3 is 23.7 Å². The van der Waals surface area contributed by atoms with Gasteiger partial charge in [0.2, 0.25) is 0 Å². The number of carbonyl (C=O) groups excluding carboxylic acids is 1. The molecule has 0 fully saturated rings. The summed E-state index contributed by atoms with van der Waals surface area (Å²) in [5, 5.41) is 3.29. The molecule has 0 unspecified atom stereocenters. The number of benzene rings is 4. The predicted molar refractivity (Wildman–Crippen MR) is 160 cm³/mol. The fraction of sp³-hybridized carbons (Fsp3) is 0.0968. The molecule has 1 heterocycles. The van der Waals surface area contributed by atoms with Gasteiger partial charge in [-0.25, -0.2) is 16.8 Å². The average molecular weight is 677 g/mol. The number of ether oxygens (including phenoxy) is 1. The number of aryl methyl sites for hydroxylation is 3. The SMILES string of the molecule is Cc1ccc(Nc2cc(Oc3ccc(S(=O)(=O)[O-])c(C)c3)c3c4c(cc(=O)n3C)-c3ccccc3C(=O)c24)c(S(=O)(=O)[O-])c1.[Na+].[Na+]. The predicted octanol–water partition coefficient (Wildman–Crippen LogP) is -1.28. The van der Waals surface area contributed by atoms with E-state index in [1.165, 1.54) is 54.9 Å². The number of aromatic nitrogens is 1. The summed E-state index contributed by atoms with van der Waals surface area (Å²) >= 11 is 0. The standard InChI is InChI=1S/C31H24N2O9S2.2Na/c1-16-8-10-22(26(12-16)44(39,40)41)32-23-15-24(42-18-9-11-25(17(2)13-18)43(36,37)38)30-28-21(14-27(34)33(30)3)19-6-4-5-7-20(19)31(35)29(23)28;;/h4-15,32H,1-3H3,(H,36,37,38)(H,39,40,41);;/q;2*+1/p-2. The topological polar surface area (TPSA) is 175 Å². The zero-order valence-corrected chi connectivity index (χ0v) is 31.0. The van der Waals surface area contributed by atoms with Crippen molar-refractivity contribution in [1.82, 2.24) is 4.57 Å². The summed E-state index contributed by atoms with van der Waals surface area (Å²) in [6.45, 7) is 3.05. The third kappa shape index (κ3) is 6.37. The van der Waals surface area contributed by atoms with Crippen LogP contribution in [0.15, 0.2) is 87.4 Å². The molecule has 1 aliphatic carbocycles. The Hall–Kier alpha value is -2.82. The summed E-state index contributed by atoms with van der Waals surface area (Å²) in [7, 11) is -8.18. The van der Waals surface area contributed by atoms with Crippen molar-refractivity contribution in [3.05, 3.63) is 105 Å². The first-order chi connectivity index (χ1) is 20.6. The average Bonchev–Trinajstić information content (AvgIpc) is 2.94. The van der Waals surface area contributed by atoms with Crippen molar-refractivity contribution < 1.29 is 94.6 Å². The Morgan fingerprint density at radius 3 is 2.02 bits per heavy atom. The van der Waals surface area contributed by atoms with E-state index >= 15 is 0 Å². The smallest absolute Gasteiger partial charge is 0.744 e. The summed E-state index contributed by atoms with van der Waals surface area (Å²) in [6, 6.07) is 17.5. The molecular formula is C31H22N2Na2O9S2. The summed E-state index contributed by atoms with van der Waals surface area (Å²) in [4.78, 5) is 26.3. The van der Waals surface area contributed by atoms with Crippen molar-refractivity contribution in [2.24, 2.45) is 7.05 Å². The molecule has 0 amide bonds. The molecule has 0 aliphatic heterocycles. The maximum Gasteiger partial charge on any atom is 1.00 e. The van der Waals surface area contributed by atoms with E-state index in [1.807, 2.05) is 0 Å². The zero-order valence-electron chi connectivity index (χ0n) is 25.4. The first kappa shape index (κ1) is 36.0. The van der Waals surface area contributed by atoms with Crippen LogP contribution >= 0.6 is 0 Å². The number of nitrogens with zero attached hydrogens (tertiary/aromatic N) is 1. The second-order valence-corrected chi connectivity index (χ2v) is 13.1. The van der Waals surface area contributed by atoms with Gasteiger partial charge in [0.05, 0.1) is 32.2 Å². The molecule has 46 heavy (non-hydrogen) atoms. The summed E-state index contributed by atoms with van der Waals surface area (Å²) < 4.78 is 78.9. The molecule has 11 nitrogen and oxygen atoms in total. The summed E-state index contributed by atoms with van der Waals surface area (Å²) in [5.41, 5.74) is 1.87. The molecule has 1 N–H and O–H groups in total. The van der Waals surface area contributed by atoms with Crippen molar-refractivity contribution in [1.29, 1.82) is 0 Å². The Morgan fingerprint density at radius 1 is 0.739 bits per heavy atom. The number of carbonyl (C=O) groups is 1. The molecule has 0 atom stereocenters. The molecule has 224 valence electrons. The van der Waals surface area contributed by atoms with E-state index in [4.69, 9.17) is 4.74 Å². The summed E-state index contributed by atoms with van der Waals surface area (Å²) in [5.74, 6) is -0.240. The van der Waals surface area contributed by atoms with Gasteiger partial charge in [-0.15, -0.1) is 0 Å². The molecule has 0 bridgehead atoms. The number of ketones is 1. The maximum atomic E-state index is 14.0. The summed E-state index contributed by atoms with van der Waals surface area (Å²) in [6.07, 6.45) is 0. The van der Waals surface area contributed by atoms with Gasteiger partial charge in [0.25, 0.3) is 5.56 Å². The minimum atomic E-state index is -4.94. The van der Waals surface area contributed by atoms with Crippen LogP contribution in [0, 0.1) is 13.8 Å². The minimum absolute atomic E-state index is 0. The van der Waals surface area contributed by atoms with Crippen molar-refractivity contribution in [3.63, 3.8) is 0 Å². The van der Waals surface area contributed by atoms with Gasteiger partial charge in [-0.05, 0) is 66.4 Å². The van der Waals surface area contributed by atoms with Gasteiger partial charge >= 0.3 is 59.1 Å². The van der Waals surface area contributed by atoms with Crippen LogP contribution in [-0.2, 0) is 27.3 Å². The molecule has 5 aromatic rings. The van der Waals surface area contributed by atoms with Crippen LogP contribution in [0.2, 0.25) is 0 Å². The Bertz CT molecular complexity index is 2370. The minimum Gasteiger partial charge on any atom is -0.744 e. The number of fused-ring (bicyclic) bond motifs is 2. The molecule has 0 spiro atoms. The van der Waals surface area contributed by atoms with E-state index in [2.05, 4.69) is 5.32 Å². The van der Waals surface area contributed by atoms with Gasteiger partial charge in [-0.3, -0.25) is 9.59 Å². The molecule has 0 saturated carbocycles. The monoisotopic (exact) mass is 676 g/mol. The number of pyridine rings is 1. The van der Waals surface area contributed by atoms with Gasteiger partial charge in [-0.1, -0.05) is 30.3 Å². The quantitative estimate of drug-likeness (QED) is 0.165. The Labute approximate surface area is 308 Å². The van der Waals surface area contributed by atoms with E-state index in [0.717, 1.165) is 6.07 Å². The fourth-order valence-electron chi connectivity index (χ4n) is 5.50. The second kappa shape index (κ2) is 13.0. The first-order valence-corrected chi connectivity index (χ1v) is 15.9. The zero-order chi connectivity index (χ0) is 31.7. The van der Waals surface area contributed by atoms with E-state index < -0.39 is 41.4 Å². The van der Waals surface area contributed by atoms with Crippen LogP contribution in [0.3, 0.4) is 0 Å². The fourth-order valence-corrected chi connectivity index (χ4v) is 6.91. The molecule has 0 radical (unpaired) electrons. The van der Waals surface area contributed by atoms with Crippen LogP contribution < -0.4 is 74.7 Å². The van der Waals surface area contributed by atoms with Gasteiger partial charge in [0, 0.05) is 30.1 Å². The Morgan fingerprint density at radius 2 is 1.39 bits per heavy atom. The van der Waals surface area contributed by atoms with Crippen molar-refractivity contribution in [2.75, 3.05) is 5.32 Å². The van der Waals surface area contributed by atoms with Crippen molar-refractivity contribution in [3.8, 4) is 22.6 Å². The molecule has 1 aromatic heterocycles. The molecule has 1 aliphatic rings. The Kier molecular flexibility index (Phi) is 10.2. The number of nitrogens with one attached hydrogen (secondary N) is 1. The van der Waals surface area contributed by atoms with Crippen LogP contribution in [0.25, 0.3) is 22.0 Å². The molecule has 15 heteroatoms. The van der Waals surface area contributed by atoms with Crippen LogP contribution in [0.1, 0.15) is 27.0 Å². The van der Waals surface area contributed by atoms with Gasteiger partial charge in [0.1, 0.15) is 26.0 Å². The third-order valence-corrected chi connectivity index (χ3v) is 9.35. The number of anilines is 2. The largest absolute Gasteiger partial charge is 1.00 e. The van der Waals surface area contributed by atoms with Crippen LogP contribution in [0.5, 0.6) is 11.5 Å². The second-order valence-electron chi connectivity index (χ2n) is 10.4. The molecular weight excluding hydrogens is 654 g/mol. The van der Waals surface area contributed by atoms with Crippen LogP contribution in [0.4, 0.5) is 11.4 Å². The molecule has 4 aromatic carbocycles. The third-order valence-electron chi connectivity index (χ3n) is 7.48. The van der Waals surface area contributed by atoms with E-state index in [0.29, 0.717) is 27.6 Å². The van der Waals surface area contributed by atoms with Gasteiger partial charge in [-0.2, -0.15) is 0 Å². The van der Waals surface area contributed by atoms with Crippen LogP contribution in [-0.4, -0.2) is 36.3 Å². The number of hydrogen-bond donors (Lipinski definition) is 1. The van der Waals surface area contributed by atoms with Gasteiger partial charge in [0.15, 0.2) is 11.5 Å². The van der Waals surface area contributed by atoms with E-state index in [1.54, 1.807) is 37.3 Å². The molecule has 0 saturated heterocycles. The van der Waals surface area contributed by atoms with E-state index in [9.17, 15) is 35.5 Å². The normalized spacial score (nSPS) is 12.2. The van der Waals surface area contributed by atoms with Crippen molar-refractivity contribution in [2.45, 2.75) is 23.6 Å². The maximum absolute atomic E-state index is 14.0. The number of rotatable bonds is 6. The molecule has 6 rings (SSSR count). The Balaban J connectivity index is 0.00000240.